The number of carbonyl (C=O) groups excluding carboxylic acids is 9. The normalized spacial score (nSPS) is 16.6. The van der Waals surface area contributed by atoms with Gasteiger partial charge in [0.25, 0.3) is 5.91 Å². The lowest BCUT2D eigenvalue weighted by molar-refractivity contribution is -0.143. The van der Waals surface area contributed by atoms with Crippen molar-refractivity contribution in [2.45, 2.75) is 137 Å². The Morgan fingerprint density at radius 1 is 0.454 bits per heavy atom. The first kappa shape index (κ1) is 106. The number of amides is 2. The number of hydrogen-bond acceptors (Lipinski definition) is 33. The van der Waals surface area contributed by atoms with Gasteiger partial charge in [-0.1, -0.05) is 153 Å². The van der Waals surface area contributed by atoms with Crippen molar-refractivity contribution in [3.8, 4) is 34.5 Å². The summed E-state index contributed by atoms with van der Waals surface area (Å²) < 4.78 is 33.6. The highest BCUT2D eigenvalue weighted by molar-refractivity contribution is 8.13. The van der Waals surface area contributed by atoms with E-state index in [2.05, 4.69) is 53.1 Å². The van der Waals surface area contributed by atoms with Crippen molar-refractivity contribution >= 4 is 170 Å². The van der Waals surface area contributed by atoms with Gasteiger partial charge in [0.2, 0.25) is 11.7 Å². The number of thioether (sulfide) groups is 3. The predicted molar refractivity (Wildman–Crippen MR) is 506 cm³/mol. The first-order valence-corrected chi connectivity index (χ1v) is 44.9. The van der Waals surface area contributed by atoms with Gasteiger partial charge in [-0.3, -0.25) is 43.2 Å². The van der Waals surface area contributed by atoms with Crippen molar-refractivity contribution in [1.29, 1.82) is 0 Å². The Bertz CT molecular complexity index is 5380. The van der Waals surface area contributed by atoms with Crippen LogP contribution >= 0.6 is 46.6 Å². The maximum atomic E-state index is 12.2. The number of carbonyl (C=O) groups is 9. The lowest BCUT2D eigenvalue weighted by Gasteiger charge is -2.28. The minimum atomic E-state index is -1.22. The molecular weight excluding hydrogens is 1750 g/mol. The van der Waals surface area contributed by atoms with Crippen LogP contribution in [-0.4, -0.2) is 229 Å². The van der Waals surface area contributed by atoms with Crippen LogP contribution in [0.2, 0.25) is 34.9 Å². The van der Waals surface area contributed by atoms with Gasteiger partial charge in [-0.15, -0.1) is 10.2 Å². The Kier molecular flexibility index (Phi) is 40.7. The summed E-state index contributed by atoms with van der Waals surface area (Å²) in [4.78, 5) is 111. The molecule has 6 aromatic carbocycles. The molecule has 0 bridgehead atoms. The van der Waals surface area contributed by atoms with Crippen LogP contribution in [0, 0.1) is 0 Å². The van der Waals surface area contributed by atoms with Crippen molar-refractivity contribution in [2.24, 2.45) is 5.11 Å². The molecule has 0 radical (unpaired) electrons. The number of aliphatic hydroxyl groups is 5. The largest absolute Gasteiger partial charge is 0.535 e. The number of ketones is 6. The molecule has 6 aliphatic rings. The monoisotopic (exact) mass is 1860 g/mol. The van der Waals surface area contributed by atoms with Crippen molar-refractivity contribution in [3.05, 3.63) is 225 Å². The molecule has 7 heterocycles. The second-order valence-corrected chi connectivity index (χ2v) is 35.0. The third-order valence-corrected chi connectivity index (χ3v) is 24.3. The summed E-state index contributed by atoms with van der Waals surface area (Å²) >= 11 is 5.36. The van der Waals surface area contributed by atoms with E-state index in [0.717, 1.165) is 49.5 Å². The fourth-order valence-electron chi connectivity index (χ4n) is 14.6. The number of aliphatic hydroxyl groups excluding tert-OH is 5. The molecule has 1 aromatic heterocycles. The fraction of sp³-hybridized carbons (Fsp3) is 0.345. The minimum Gasteiger partial charge on any atom is -0.535 e. The van der Waals surface area contributed by atoms with Gasteiger partial charge in [-0.25, -0.2) is 0 Å². The molecule has 0 saturated carbocycles. The summed E-state index contributed by atoms with van der Waals surface area (Å²) in [5.41, 5.74) is 17.4. The van der Waals surface area contributed by atoms with E-state index >= 15 is 0 Å². The number of fused-ring (bicyclic) bond motifs is 6. The lowest BCUT2D eigenvalue weighted by atomic mass is 9.64. The highest BCUT2D eigenvalue weighted by Gasteiger charge is 2.44. The molecule has 130 heavy (non-hydrogen) atoms. The quantitative estimate of drug-likeness (QED) is 0.00250. The number of nitrogens with zero attached hydrogens (tertiary/aromatic N) is 7. The standard InChI is InChI=1S/C16H20BNO5.C15H15BN2O4S2.C15H18BNO5.C14H17BO4S.C13H14BN3O4.C13H15BO4S.CH4/c1-10(19)14-6-4-5-11-7-12(17(22)23-16(11)14)8-13(20)9-15(21)18(2)3;1-9(19)13-4-2-3-10-5-11(16(21)22-14(10)13)6-12(20)7-23-15-18-17-8-24-15;1-9(18)12-6-4-5-10-7-11(16(21)22-14(10)12)8-13(19)15(20)17(2)3;1-9(16)13-5-3-4-10-6-11(7-12(17)8-20-2)15(18)19-14(10)13;1-8(18)12-4-2-3-9-5-10(14(20)21-13(9)12)6-11(19)7-16-17-15;1-8(15)11-5-3-4-9-6-10(7-12(16)19-2)14(17)18-13(9)11;/h4-6,12,19,22H,1,7-9H2,2-3H3;2-4,8,11,19,21H,1,5-7H2;4-6,11,18,21H,1,7-8H2,2-3H3;3-5,11,18H,6-8H2,1-2H3;2-4,10,18,20H,1,5-7H2;3-5,10,15,17H,1,6-7H2,2H3;1H4/t12-;3*11-;2*10-;/m111111./s1. The van der Waals surface area contributed by atoms with Gasteiger partial charge in [-0.05, 0) is 133 Å². The molecule has 33 nitrogen and oxygen atoms in total. The second-order valence-electron chi connectivity index (χ2n) is 31.2. The SMILES string of the molecule is C.C=C(O)c1cccc2c1OB(O)[C@@H](CC(=O)C(=O)N(C)C)C2.C=C(O)c1cccc2c1OB(O)[C@@H](CC(=O)CC(=O)N(C)C)C2.C=C(O)c1cccc2c1OB(O)[C@@H](CC(=O)CN=[N+]=[N-])C2.C=C(O)c1cccc2c1OB(O)[C@@H](CC(=O)CSc1nncs1)C2.C=C(O)c1cccc2c1OB(O)[C@@H](CC(=O)SC)C2.CSCC(=O)C[C@H]1Cc2cccc(C(C)=O)c2OB1O. The topological polar surface area (TPSA) is 513 Å². The highest BCUT2D eigenvalue weighted by Crippen LogP contribution is 2.45. The van der Waals surface area contributed by atoms with E-state index in [1.807, 2.05) is 30.5 Å². The Balaban J connectivity index is 0.000000213. The number of likely N-dealkylation sites (N-methyl/N-ethyl adjacent to an activating group) is 1. The van der Waals surface area contributed by atoms with Crippen LogP contribution in [0.25, 0.3) is 39.2 Å². The Morgan fingerprint density at radius 3 is 1.04 bits per heavy atom. The Labute approximate surface area is 772 Å². The summed E-state index contributed by atoms with van der Waals surface area (Å²) in [6, 6.07) is 31.6. The Hall–Kier alpha value is -11.5. The third kappa shape index (κ3) is 29.5. The molecule has 7 aromatic rings. The van der Waals surface area contributed by atoms with E-state index in [-0.39, 0.29) is 139 Å². The van der Waals surface area contributed by atoms with Gasteiger partial charge in [-0.2, -0.15) is 11.8 Å². The number of benzene rings is 6. The maximum absolute atomic E-state index is 12.2. The first-order valence-electron chi connectivity index (χ1n) is 40.4. The zero-order chi connectivity index (χ0) is 94.8. The molecule has 0 saturated heterocycles. The minimum absolute atomic E-state index is 0. The van der Waals surface area contributed by atoms with Crippen LogP contribution in [0.4, 0.5) is 0 Å². The van der Waals surface area contributed by atoms with Crippen LogP contribution < -0.4 is 27.9 Å². The first-order chi connectivity index (χ1) is 61.2. The lowest BCUT2D eigenvalue weighted by Crippen LogP contribution is -2.38. The smallest absolute Gasteiger partial charge is 0.526 e. The number of Topliss-reactive ketones (excluding diaryl/α,β-unsaturated/α-hetero) is 6. The van der Waals surface area contributed by atoms with Crippen LogP contribution in [0.3, 0.4) is 0 Å². The van der Waals surface area contributed by atoms with Gasteiger partial charge >= 0.3 is 42.7 Å². The molecule has 11 N–H and O–H groups in total. The third-order valence-electron chi connectivity index (χ3n) is 21.1. The summed E-state index contributed by atoms with van der Waals surface area (Å²) in [7, 11) is -0.514. The molecule has 0 spiro atoms. The molecule has 43 heteroatoms. The summed E-state index contributed by atoms with van der Waals surface area (Å²) in [6.45, 7) is 18.6. The van der Waals surface area contributed by atoms with Crippen molar-refractivity contribution < 1.29 is 127 Å². The van der Waals surface area contributed by atoms with Crippen molar-refractivity contribution in [2.75, 3.05) is 58.8 Å². The van der Waals surface area contributed by atoms with Gasteiger partial charge in [0, 0.05) is 107 Å². The molecule has 13 rings (SSSR count). The number of rotatable bonds is 28. The van der Waals surface area contributed by atoms with Crippen LogP contribution in [0.15, 0.2) is 157 Å². The molecule has 0 fully saturated rings. The van der Waals surface area contributed by atoms with E-state index in [0.29, 0.717) is 124 Å². The molecule has 0 aliphatic carbocycles. The van der Waals surface area contributed by atoms with E-state index in [4.69, 9.17) is 33.5 Å². The average molecular weight is 1860 g/mol. The number of aromatic nitrogens is 2. The molecule has 6 aliphatic heterocycles. The fourth-order valence-corrected chi connectivity index (χ4v) is 16.8. The molecule has 684 valence electrons. The van der Waals surface area contributed by atoms with E-state index in [9.17, 15) is 98.8 Å². The number of para-hydroxylation sites is 6. The zero-order valence-corrected chi connectivity index (χ0v) is 75.3. The van der Waals surface area contributed by atoms with Crippen LogP contribution in [0.5, 0.6) is 34.5 Å². The molecule has 2 amide bonds. The van der Waals surface area contributed by atoms with Gasteiger partial charge < -0.3 is 93.4 Å². The number of azide groups is 1. The molecule has 6 atom stereocenters. The summed E-state index contributed by atoms with van der Waals surface area (Å²) in [5.74, 6) is -1.46. The second kappa shape index (κ2) is 50.1. The summed E-state index contributed by atoms with van der Waals surface area (Å²) in [6.07, 6.45) is 7.07. The van der Waals surface area contributed by atoms with Crippen molar-refractivity contribution in [1.82, 2.24) is 20.0 Å². The predicted octanol–water partition coefficient (Wildman–Crippen LogP) is 12.3. The Morgan fingerprint density at radius 2 is 0.754 bits per heavy atom. The van der Waals surface area contributed by atoms with E-state index < -0.39 is 71.9 Å². The zero-order valence-electron chi connectivity index (χ0n) is 72.1. The number of hydrogen-bond donors (Lipinski definition) is 11. The van der Waals surface area contributed by atoms with E-state index in [1.54, 1.807) is 111 Å². The molecular formula is C87H103B6N7O26S4. The summed E-state index contributed by atoms with van der Waals surface area (Å²) in [5, 5.41) is 119. The molecule has 0 unspecified atom stereocenters. The van der Waals surface area contributed by atoms with Crippen LogP contribution in [-0.2, 0) is 76.9 Å². The van der Waals surface area contributed by atoms with Gasteiger partial charge in [0.1, 0.15) is 91.9 Å². The van der Waals surface area contributed by atoms with Crippen LogP contribution in [0.1, 0.15) is 131 Å². The highest BCUT2D eigenvalue weighted by atomic mass is 32.2. The van der Waals surface area contributed by atoms with E-state index in [1.165, 1.54) is 65.7 Å². The average Bonchev–Trinajstić information content (AvgIpc) is 0.867. The van der Waals surface area contributed by atoms with Gasteiger partial charge in [0.05, 0.1) is 57.9 Å². The maximum Gasteiger partial charge on any atom is 0.526 e. The van der Waals surface area contributed by atoms with Crippen molar-refractivity contribution in [3.63, 3.8) is 0 Å². The van der Waals surface area contributed by atoms with Gasteiger partial charge in [0.15, 0.2) is 15.2 Å².